The lowest BCUT2D eigenvalue weighted by Crippen LogP contribution is -2.46. The van der Waals surface area contributed by atoms with Crippen molar-refractivity contribution >= 4 is 45.6 Å². The van der Waals surface area contributed by atoms with Crippen molar-refractivity contribution in [3.63, 3.8) is 0 Å². The van der Waals surface area contributed by atoms with Crippen molar-refractivity contribution in [2.45, 2.75) is 20.0 Å². The number of benzene rings is 3. The third-order valence-corrected chi connectivity index (χ3v) is 7.38. The predicted molar refractivity (Wildman–Crippen MR) is 157 cm³/mol. The lowest BCUT2D eigenvalue weighted by molar-refractivity contribution is -0.137. The number of carbonyl (C=O) groups is 2. The Bertz CT molecular complexity index is 1650. The number of hydrogen-bond donors (Lipinski definition) is 3. The van der Waals surface area contributed by atoms with E-state index in [1.54, 1.807) is 43.3 Å². The van der Waals surface area contributed by atoms with Crippen LogP contribution in [0.2, 0.25) is 0 Å². The molecule has 2 heterocycles. The zero-order valence-corrected chi connectivity index (χ0v) is 23.1. The molecule has 0 saturated carbocycles. The Labute approximate surface area is 240 Å². The van der Waals surface area contributed by atoms with Crippen molar-refractivity contribution in [3.8, 4) is 0 Å². The van der Waals surface area contributed by atoms with Gasteiger partial charge in [0, 0.05) is 54.2 Å². The first-order valence-electron chi connectivity index (χ1n) is 13.5. The van der Waals surface area contributed by atoms with Crippen LogP contribution < -0.4 is 21.3 Å². The fourth-order valence-corrected chi connectivity index (χ4v) is 4.93. The van der Waals surface area contributed by atoms with Gasteiger partial charge in [-0.15, -0.1) is 0 Å². The van der Waals surface area contributed by atoms with Gasteiger partial charge >= 0.3 is 6.18 Å². The SMILES string of the molecule is CCN1CCN(c2cc(NC(=O)c3ccc(C)c(NC(=O)c4cccc5c(N)ncnc45)c3)cc(C(F)(F)F)c2)CC1. The molecule has 4 N–H and O–H groups in total. The molecule has 1 saturated heterocycles. The molecule has 1 aliphatic heterocycles. The van der Waals surface area contributed by atoms with Gasteiger partial charge in [0.15, 0.2) is 0 Å². The Kier molecular flexibility index (Phi) is 7.99. The summed E-state index contributed by atoms with van der Waals surface area (Å²) in [5, 5.41) is 5.95. The van der Waals surface area contributed by atoms with Gasteiger partial charge in [0.25, 0.3) is 11.8 Å². The summed E-state index contributed by atoms with van der Waals surface area (Å²) in [5.74, 6) is -0.840. The molecule has 0 bridgehead atoms. The first-order valence-corrected chi connectivity index (χ1v) is 13.5. The number of aromatic nitrogens is 2. The molecule has 3 aromatic carbocycles. The Morgan fingerprint density at radius 2 is 1.71 bits per heavy atom. The smallest absolute Gasteiger partial charge is 0.383 e. The Hall–Kier alpha value is -4.71. The molecule has 0 radical (unpaired) electrons. The first kappa shape index (κ1) is 28.8. The standard InChI is InChI=1S/C30H30F3N7O2/c1-3-39-9-11-40(12-10-39)22-15-20(30(31,32)33)14-21(16-22)37-28(41)19-8-7-18(2)25(13-19)38-29(42)24-6-4-5-23-26(24)35-17-36-27(23)34/h4-8,13-17H,3,9-12H2,1-2H3,(H,37,41)(H,38,42)(H2,34,35,36). The molecule has 0 spiro atoms. The number of nitrogens with one attached hydrogen (secondary N) is 2. The summed E-state index contributed by atoms with van der Waals surface area (Å²) in [6.07, 6.45) is -3.31. The number of alkyl halides is 3. The van der Waals surface area contributed by atoms with Gasteiger partial charge in [0.05, 0.1) is 16.6 Å². The Balaban J connectivity index is 1.38. The van der Waals surface area contributed by atoms with Crippen LogP contribution in [0.1, 0.15) is 38.8 Å². The number of para-hydroxylation sites is 1. The van der Waals surface area contributed by atoms with E-state index in [1.807, 2.05) is 11.8 Å². The molecule has 12 heteroatoms. The Morgan fingerprint density at radius 1 is 0.952 bits per heavy atom. The number of hydrogen-bond acceptors (Lipinski definition) is 7. The van der Waals surface area contributed by atoms with E-state index in [9.17, 15) is 22.8 Å². The predicted octanol–water partition coefficient (Wildman–Crippen LogP) is 5.19. The molecule has 42 heavy (non-hydrogen) atoms. The molecule has 0 atom stereocenters. The molecule has 9 nitrogen and oxygen atoms in total. The molecule has 2 amide bonds. The van der Waals surface area contributed by atoms with Crippen molar-refractivity contribution < 1.29 is 22.8 Å². The van der Waals surface area contributed by atoms with Gasteiger partial charge in [-0.3, -0.25) is 9.59 Å². The zero-order valence-electron chi connectivity index (χ0n) is 23.1. The van der Waals surface area contributed by atoms with Crippen molar-refractivity contribution in [1.29, 1.82) is 0 Å². The van der Waals surface area contributed by atoms with E-state index in [0.29, 0.717) is 40.9 Å². The van der Waals surface area contributed by atoms with Gasteiger partial charge in [-0.25, -0.2) is 9.97 Å². The summed E-state index contributed by atoms with van der Waals surface area (Å²) in [5.41, 5.74) is 7.36. The van der Waals surface area contributed by atoms with Crippen molar-refractivity contribution in [2.24, 2.45) is 0 Å². The molecule has 5 rings (SSSR count). The lowest BCUT2D eigenvalue weighted by atomic mass is 10.1. The summed E-state index contributed by atoms with van der Waals surface area (Å²) in [7, 11) is 0. The maximum Gasteiger partial charge on any atom is 0.416 e. The van der Waals surface area contributed by atoms with E-state index in [4.69, 9.17) is 5.73 Å². The van der Waals surface area contributed by atoms with Crippen LogP contribution in [0, 0.1) is 6.92 Å². The van der Waals surface area contributed by atoms with E-state index in [0.717, 1.165) is 31.8 Å². The normalized spacial score (nSPS) is 14.2. The number of nitrogen functional groups attached to an aromatic ring is 1. The Morgan fingerprint density at radius 3 is 2.43 bits per heavy atom. The van der Waals surface area contributed by atoms with Crippen molar-refractivity contribution in [1.82, 2.24) is 14.9 Å². The molecule has 0 unspecified atom stereocenters. The minimum Gasteiger partial charge on any atom is -0.383 e. The van der Waals surface area contributed by atoms with Crippen LogP contribution in [0.5, 0.6) is 0 Å². The lowest BCUT2D eigenvalue weighted by Gasteiger charge is -2.36. The summed E-state index contributed by atoms with van der Waals surface area (Å²) < 4.78 is 41.3. The second-order valence-corrected chi connectivity index (χ2v) is 10.1. The second kappa shape index (κ2) is 11.6. The maximum absolute atomic E-state index is 13.8. The third-order valence-electron chi connectivity index (χ3n) is 7.38. The highest BCUT2D eigenvalue weighted by Crippen LogP contribution is 2.35. The fraction of sp³-hybridized carbons (Fsp3) is 0.267. The number of fused-ring (bicyclic) bond motifs is 1. The molecular weight excluding hydrogens is 547 g/mol. The molecule has 1 aliphatic rings. The van der Waals surface area contributed by atoms with Crippen LogP contribution in [0.15, 0.2) is 60.9 Å². The van der Waals surface area contributed by atoms with Crippen molar-refractivity contribution in [3.05, 3.63) is 83.2 Å². The number of halogens is 3. The highest BCUT2D eigenvalue weighted by atomic mass is 19.4. The van der Waals surface area contributed by atoms with Crippen LogP contribution >= 0.6 is 0 Å². The van der Waals surface area contributed by atoms with Crippen molar-refractivity contribution in [2.75, 3.05) is 54.0 Å². The van der Waals surface area contributed by atoms with E-state index in [2.05, 4.69) is 25.5 Å². The molecule has 218 valence electrons. The van der Waals surface area contributed by atoms with Crippen LogP contribution in [-0.2, 0) is 6.18 Å². The topological polar surface area (TPSA) is 116 Å². The summed E-state index contributed by atoms with van der Waals surface area (Å²) >= 11 is 0. The van der Waals surface area contributed by atoms with Gasteiger partial charge in [0.2, 0.25) is 0 Å². The number of piperazine rings is 1. The number of aryl methyl sites for hydroxylation is 1. The number of anilines is 4. The second-order valence-electron chi connectivity index (χ2n) is 10.1. The average molecular weight is 578 g/mol. The molecular formula is C30H30F3N7O2. The fourth-order valence-electron chi connectivity index (χ4n) is 4.93. The zero-order chi connectivity index (χ0) is 30.0. The molecule has 1 fully saturated rings. The van der Waals surface area contributed by atoms with E-state index < -0.39 is 23.6 Å². The minimum atomic E-state index is -4.58. The molecule has 4 aromatic rings. The quantitative estimate of drug-likeness (QED) is 0.289. The van der Waals surface area contributed by atoms with Gasteiger partial charge in [-0.05, 0) is 61.5 Å². The van der Waals surface area contributed by atoms with Crippen LogP contribution in [0.25, 0.3) is 10.9 Å². The number of rotatable bonds is 6. The number of amides is 2. The minimum absolute atomic E-state index is 0.0296. The number of nitrogens with zero attached hydrogens (tertiary/aromatic N) is 4. The van der Waals surface area contributed by atoms with Gasteiger partial charge in [-0.2, -0.15) is 13.2 Å². The van der Waals surface area contributed by atoms with Gasteiger partial charge in [0.1, 0.15) is 12.1 Å². The summed E-state index contributed by atoms with van der Waals surface area (Å²) in [6.45, 7) is 7.33. The largest absolute Gasteiger partial charge is 0.416 e. The molecule has 0 aliphatic carbocycles. The third kappa shape index (κ3) is 6.13. The van der Waals surface area contributed by atoms with Gasteiger partial charge < -0.3 is 26.2 Å². The van der Waals surface area contributed by atoms with Crippen LogP contribution in [0.3, 0.4) is 0 Å². The number of likely N-dealkylation sites (N-methyl/N-ethyl adjacent to an activating group) is 1. The monoisotopic (exact) mass is 577 g/mol. The summed E-state index contributed by atoms with van der Waals surface area (Å²) in [4.78, 5) is 38.7. The molecule has 1 aromatic heterocycles. The maximum atomic E-state index is 13.8. The highest BCUT2D eigenvalue weighted by molar-refractivity contribution is 6.13. The number of nitrogens with two attached hydrogens (primary N) is 1. The first-order chi connectivity index (χ1) is 20.0. The average Bonchev–Trinajstić information content (AvgIpc) is 2.97. The summed E-state index contributed by atoms with van der Waals surface area (Å²) in [6, 6.07) is 13.3. The van der Waals surface area contributed by atoms with E-state index in [1.165, 1.54) is 12.4 Å². The highest BCUT2D eigenvalue weighted by Gasteiger charge is 2.32. The van der Waals surface area contributed by atoms with E-state index >= 15 is 0 Å². The van der Waals surface area contributed by atoms with Crippen LogP contribution in [-0.4, -0.2) is 59.4 Å². The van der Waals surface area contributed by atoms with Gasteiger partial charge in [-0.1, -0.05) is 19.1 Å². The van der Waals surface area contributed by atoms with Crippen LogP contribution in [0.4, 0.5) is 36.1 Å². The van der Waals surface area contributed by atoms with E-state index in [-0.39, 0.29) is 22.6 Å². The number of carbonyl (C=O) groups excluding carboxylic acids is 2.